The molecule has 1 aromatic rings. The standard InChI is InChI=1S/C19H30OSi/c1-15-12-17(14-20-21(5,6)19(2,3)4)18(13-15)16-10-8-7-9-11-16/h7-11,17-18H,1,12-14H2,2-6H3. The van der Waals surface area contributed by atoms with Crippen molar-refractivity contribution in [1.29, 1.82) is 0 Å². The van der Waals surface area contributed by atoms with E-state index in [9.17, 15) is 0 Å². The van der Waals surface area contributed by atoms with Crippen LogP contribution in [-0.2, 0) is 4.43 Å². The first-order valence-corrected chi connectivity index (χ1v) is 11.0. The lowest BCUT2D eigenvalue weighted by Gasteiger charge is -2.37. The fourth-order valence-electron chi connectivity index (χ4n) is 2.87. The van der Waals surface area contributed by atoms with E-state index in [2.05, 4.69) is 70.8 Å². The van der Waals surface area contributed by atoms with E-state index < -0.39 is 8.32 Å². The Balaban J connectivity index is 2.06. The van der Waals surface area contributed by atoms with Gasteiger partial charge in [0.1, 0.15) is 0 Å². The van der Waals surface area contributed by atoms with Crippen LogP contribution in [0.2, 0.25) is 18.1 Å². The zero-order valence-corrected chi connectivity index (χ0v) is 15.3. The molecule has 2 heteroatoms. The van der Waals surface area contributed by atoms with E-state index in [-0.39, 0.29) is 5.04 Å². The summed E-state index contributed by atoms with van der Waals surface area (Å²) >= 11 is 0. The van der Waals surface area contributed by atoms with Gasteiger partial charge in [0.25, 0.3) is 0 Å². The van der Waals surface area contributed by atoms with Crippen molar-refractivity contribution in [2.45, 2.75) is 57.7 Å². The lowest BCUT2D eigenvalue weighted by molar-refractivity contribution is 0.220. The SMILES string of the molecule is C=C1CC(CO[Si](C)(C)C(C)(C)C)C(c2ccccc2)C1. The lowest BCUT2D eigenvalue weighted by atomic mass is 9.89. The number of benzene rings is 1. The highest BCUT2D eigenvalue weighted by Gasteiger charge is 2.39. The van der Waals surface area contributed by atoms with Crippen LogP contribution in [0.5, 0.6) is 0 Å². The molecule has 2 atom stereocenters. The fourth-order valence-corrected chi connectivity index (χ4v) is 3.94. The Kier molecular flexibility index (Phi) is 4.79. The quantitative estimate of drug-likeness (QED) is 0.507. The molecule has 21 heavy (non-hydrogen) atoms. The van der Waals surface area contributed by atoms with Crippen LogP contribution in [0.25, 0.3) is 0 Å². The zero-order valence-electron chi connectivity index (χ0n) is 14.3. The van der Waals surface area contributed by atoms with Crippen molar-refractivity contribution in [3.63, 3.8) is 0 Å². The fraction of sp³-hybridized carbons (Fsp3) is 0.579. The smallest absolute Gasteiger partial charge is 0.191 e. The highest BCUT2D eigenvalue weighted by molar-refractivity contribution is 6.74. The van der Waals surface area contributed by atoms with Crippen molar-refractivity contribution in [3.05, 3.63) is 48.0 Å². The summed E-state index contributed by atoms with van der Waals surface area (Å²) < 4.78 is 6.48. The van der Waals surface area contributed by atoms with E-state index in [1.807, 2.05) is 0 Å². The molecule has 1 aromatic carbocycles. The number of allylic oxidation sites excluding steroid dienone is 1. The average Bonchev–Trinajstić information content (AvgIpc) is 2.77. The van der Waals surface area contributed by atoms with E-state index in [1.165, 1.54) is 11.1 Å². The third-order valence-corrected chi connectivity index (χ3v) is 9.82. The first kappa shape index (κ1) is 16.5. The summed E-state index contributed by atoms with van der Waals surface area (Å²) in [4.78, 5) is 0. The van der Waals surface area contributed by atoms with Gasteiger partial charge in [0.05, 0.1) is 0 Å². The minimum absolute atomic E-state index is 0.283. The molecule has 0 bridgehead atoms. The molecule has 0 aromatic heterocycles. The summed E-state index contributed by atoms with van der Waals surface area (Å²) in [6.45, 7) is 16.7. The van der Waals surface area contributed by atoms with Gasteiger partial charge in [-0.15, -0.1) is 0 Å². The van der Waals surface area contributed by atoms with Crippen LogP contribution < -0.4 is 0 Å². The Morgan fingerprint density at radius 1 is 1.14 bits per heavy atom. The molecule has 1 fully saturated rings. The van der Waals surface area contributed by atoms with Crippen LogP contribution in [0.4, 0.5) is 0 Å². The molecule has 1 nitrogen and oxygen atoms in total. The topological polar surface area (TPSA) is 9.23 Å². The van der Waals surface area contributed by atoms with Crippen molar-refractivity contribution < 1.29 is 4.43 Å². The second-order valence-electron chi connectivity index (χ2n) is 8.01. The van der Waals surface area contributed by atoms with Crippen LogP contribution in [0, 0.1) is 5.92 Å². The first-order valence-electron chi connectivity index (χ1n) is 8.06. The van der Waals surface area contributed by atoms with Gasteiger partial charge in [0.15, 0.2) is 8.32 Å². The van der Waals surface area contributed by atoms with Crippen molar-refractivity contribution in [2.24, 2.45) is 5.92 Å². The summed E-state index contributed by atoms with van der Waals surface area (Å²) in [5.41, 5.74) is 2.83. The number of rotatable bonds is 4. The van der Waals surface area contributed by atoms with E-state index in [4.69, 9.17) is 4.43 Å². The zero-order chi connectivity index (χ0) is 15.7. The second kappa shape index (κ2) is 6.10. The molecule has 0 saturated heterocycles. The van der Waals surface area contributed by atoms with Gasteiger partial charge >= 0.3 is 0 Å². The molecule has 0 aliphatic heterocycles. The first-order chi connectivity index (χ1) is 9.71. The number of hydrogen-bond acceptors (Lipinski definition) is 1. The van der Waals surface area contributed by atoms with Gasteiger partial charge in [-0.2, -0.15) is 0 Å². The summed E-state index contributed by atoms with van der Waals surface area (Å²) in [7, 11) is -1.65. The Morgan fingerprint density at radius 3 is 2.33 bits per heavy atom. The highest BCUT2D eigenvalue weighted by Crippen LogP contribution is 2.44. The third kappa shape index (κ3) is 3.86. The van der Waals surface area contributed by atoms with Gasteiger partial charge in [0.2, 0.25) is 0 Å². The predicted molar refractivity (Wildman–Crippen MR) is 94.2 cm³/mol. The van der Waals surface area contributed by atoms with Gasteiger partial charge in [0, 0.05) is 6.61 Å². The molecular formula is C19H30OSi. The molecule has 0 spiro atoms. The molecule has 2 unspecified atom stereocenters. The maximum atomic E-state index is 6.48. The van der Waals surface area contributed by atoms with Crippen molar-refractivity contribution in [2.75, 3.05) is 6.61 Å². The van der Waals surface area contributed by atoms with E-state index in [0.717, 1.165) is 19.4 Å². The van der Waals surface area contributed by atoms with Crippen LogP contribution in [0.3, 0.4) is 0 Å². The van der Waals surface area contributed by atoms with Crippen LogP contribution in [-0.4, -0.2) is 14.9 Å². The summed E-state index contributed by atoms with van der Waals surface area (Å²) in [6.07, 6.45) is 2.24. The Bertz CT molecular complexity index is 484. The minimum Gasteiger partial charge on any atom is -0.417 e. The van der Waals surface area contributed by atoms with Gasteiger partial charge in [-0.25, -0.2) is 0 Å². The van der Waals surface area contributed by atoms with Gasteiger partial charge in [-0.3, -0.25) is 0 Å². The van der Waals surface area contributed by atoms with Crippen molar-refractivity contribution in [1.82, 2.24) is 0 Å². The summed E-state index contributed by atoms with van der Waals surface area (Å²) in [6, 6.07) is 10.9. The van der Waals surface area contributed by atoms with Crippen molar-refractivity contribution >= 4 is 8.32 Å². The van der Waals surface area contributed by atoms with Gasteiger partial charge in [-0.05, 0) is 48.4 Å². The van der Waals surface area contributed by atoms with E-state index in [0.29, 0.717) is 11.8 Å². The van der Waals surface area contributed by atoms with Crippen LogP contribution >= 0.6 is 0 Å². The summed E-state index contributed by atoms with van der Waals surface area (Å²) in [5.74, 6) is 1.18. The third-order valence-electron chi connectivity index (χ3n) is 5.32. The molecule has 116 valence electrons. The molecule has 0 heterocycles. The molecule has 1 saturated carbocycles. The Hall–Kier alpha value is -0.863. The molecule has 2 rings (SSSR count). The predicted octanol–water partition coefficient (Wildman–Crippen LogP) is 5.76. The molecule has 1 aliphatic carbocycles. The Labute approximate surface area is 131 Å². The minimum atomic E-state index is -1.65. The van der Waals surface area contributed by atoms with Gasteiger partial charge in [-0.1, -0.05) is 63.3 Å². The molecule has 1 aliphatic rings. The summed E-state index contributed by atoms with van der Waals surface area (Å²) in [5, 5.41) is 0.283. The molecule has 0 N–H and O–H groups in total. The maximum absolute atomic E-state index is 6.48. The average molecular weight is 303 g/mol. The Morgan fingerprint density at radius 2 is 1.76 bits per heavy atom. The molecular weight excluding hydrogens is 272 g/mol. The molecule has 0 radical (unpaired) electrons. The highest BCUT2D eigenvalue weighted by atomic mass is 28.4. The molecule has 0 amide bonds. The lowest BCUT2D eigenvalue weighted by Crippen LogP contribution is -2.42. The van der Waals surface area contributed by atoms with Crippen LogP contribution in [0.1, 0.15) is 45.1 Å². The van der Waals surface area contributed by atoms with Crippen molar-refractivity contribution in [3.8, 4) is 0 Å². The van der Waals surface area contributed by atoms with E-state index in [1.54, 1.807) is 0 Å². The largest absolute Gasteiger partial charge is 0.417 e. The monoisotopic (exact) mass is 302 g/mol. The van der Waals surface area contributed by atoms with Gasteiger partial charge < -0.3 is 4.43 Å². The number of hydrogen-bond donors (Lipinski definition) is 0. The second-order valence-corrected chi connectivity index (χ2v) is 12.8. The maximum Gasteiger partial charge on any atom is 0.191 e. The normalized spacial score (nSPS) is 23.6. The van der Waals surface area contributed by atoms with Crippen LogP contribution in [0.15, 0.2) is 42.5 Å². The van der Waals surface area contributed by atoms with E-state index >= 15 is 0 Å².